The Balaban J connectivity index is 1.59. The minimum atomic E-state index is -0.108. The number of nitrogens with zero attached hydrogens (tertiary/aromatic N) is 2. The molecule has 7 heteroatoms. The van der Waals surface area contributed by atoms with Gasteiger partial charge < -0.3 is 18.6 Å². The summed E-state index contributed by atoms with van der Waals surface area (Å²) in [5.41, 5.74) is 1.57. The molecule has 1 aromatic heterocycles. The molecular formula is C17H20N2O5. The summed E-state index contributed by atoms with van der Waals surface area (Å²) in [6.45, 7) is 4.21. The minimum Gasteiger partial charge on any atom is -0.491 e. The molecule has 3 rings (SSSR count). The molecular weight excluding hydrogens is 312 g/mol. The number of oxazole rings is 1. The molecule has 0 saturated heterocycles. The SMILES string of the molecule is COCCOCCOc1ccc2c(c1)C(=O)N(c1cnc(C)o1)C2. The van der Waals surface area contributed by atoms with Gasteiger partial charge in [0, 0.05) is 19.6 Å². The van der Waals surface area contributed by atoms with Crippen molar-refractivity contribution in [3.05, 3.63) is 41.4 Å². The molecule has 1 aromatic carbocycles. The number of ether oxygens (including phenoxy) is 3. The first kappa shape index (κ1) is 16.5. The Labute approximate surface area is 140 Å². The number of amides is 1. The van der Waals surface area contributed by atoms with Crippen molar-refractivity contribution in [3.8, 4) is 5.75 Å². The Hall–Kier alpha value is -2.38. The van der Waals surface area contributed by atoms with Crippen molar-refractivity contribution in [3.63, 3.8) is 0 Å². The molecule has 24 heavy (non-hydrogen) atoms. The van der Waals surface area contributed by atoms with Crippen molar-refractivity contribution in [2.24, 2.45) is 0 Å². The Kier molecular flexibility index (Phi) is 5.12. The molecule has 7 nitrogen and oxygen atoms in total. The molecule has 0 saturated carbocycles. The smallest absolute Gasteiger partial charge is 0.261 e. The third-order valence-corrected chi connectivity index (χ3v) is 3.69. The molecule has 1 aliphatic rings. The number of hydrogen-bond donors (Lipinski definition) is 0. The number of aromatic nitrogens is 1. The van der Waals surface area contributed by atoms with E-state index in [4.69, 9.17) is 18.6 Å². The summed E-state index contributed by atoms with van der Waals surface area (Å²) in [5, 5.41) is 0. The van der Waals surface area contributed by atoms with E-state index < -0.39 is 0 Å². The second kappa shape index (κ2) is 7.46. The lowest BCUT2D eigenvalue weighted by Crippen LogP contribution is -2.22. The van der Waals surface area contributed by atoms with Crippen molar-refractivity contribution in [2.45, 2.75) is 13.5 Å². The van der Waals surface area contributed by atoms with Crippen LogP contribution in [-0.2, 0) is 16.0 Å². The van der Waals surface area contributed by atoms with E-state index in [1.54, 1.807) is 31.2 Å². The molecule has 0 bridgehead atoms. The lowest BCUT2D eigenvalue weighted by molar-refractivity contribution is 0.0544. The maximum absolute atomic E-state index is 12.6. The van der Waals surface area contributed by atoms with E-state index in [-0.39, 0.29) is 5.91 Å². The lowest BCUT2D eigenvalue weighted by atomic mass is 10.1. The fourth-order valence-corrected chi connectivity index (χ4v) is 2.49. The molecule has 0 unspecified atom stereocenters. The van der Waals surface area contributed by atoms with E-state index in [0.717, 1.165) is 5.56 Å². The third-order valence-electron chi connectivity index (χ3n) is 3.69. The average Bonchev–Trinajstić information content (AvgIpc) is 3.15. The van der Waals surface area contributed by atoms with Gasteiger partial charge in [0.05, 0.1) is 32.6 Å². The number of anilines is 1. The van der Waals surface area contributed by atoms with E-state index in [9.17, 15) is 4.79 Å². The first-order valence-electron chi connectivity index (χ1n) is 7.75. The Morgan fingerprint density at radius 1 is 1.25 bits per heavy atom. The van der Waals surface area contributed by atoms with Crippen molar-refractivity contribution >= 4 is 11.8 Å². The van der Waals surface area contributed by atoms with Crippen LogP contribution in [0.5, 0.6) is 5.75 Å². The summed E-state index contributed by atoms with van der Waals surface area (Å²) >= 11 is 0. The van der Waals surface area contributed by atoms with Crippen molar-refractivity contribution in [1.29, 1.82) is 0 Å². The number of benzene rings is 1. The highest BCUT2D eigenvalue weighted by Gasteiger charge is 2.31. The van der Waals surface area contributed by atoms with Crippen molar-refractivity contribution in [2.75, 3.05) is 38.4 Å². The van der Waals surface area contributed by atoms with E-state index in [0.29, 0.717) is 56.1 Å². The zero-order valence-corrected chi connectivity index (χ0v) is 13.8. The molecule has 0 fully saturated rings. The first-order valence-corrected chi connectivity index (χ1v) is 7.75. The van der Waals surface area contributed by atoms with E-state index in [1.807, 2.05) is 12.1 Å². The topological polar surface area (TPSA) is 74.0 Å². The van der Waals surface area contributed by atoms with E-state index in [2.05, 4.69) is 4.98 Å². The first-order chi connectivity index (χ1) is 11.7. The number of fused-ring (bicyclic) bond motifs is 1. The van der Waals surface area contributed by atoms with Gasteiger partial charge in [0.15, 0.2) is 5.89 Å². The largest absolute Gasteiger partial charge is 0.491 e. The molecule has 0 radical (unpaired) electrons. The van der Waals surface area contributed by atoms with Crippen LogP contribution in [0, 0.1) is 6.92 Å². The molecule has 1 aliphatic heterocycles. The van der Waals surface area contributed by atoms with Crippen LogP contribution >= 0.6 is 0 Å². The highest BCUT2D eigenvalue weighted by atomic mass is 16.5. The van der Waals surface area contributed by atoms with Gasteiger partial charge in [-0.1, -0.05) is 6.07 Å². The van der Waals surface area contributed by atoms with Gasteiger partial charge in [0.2, 0.25) is 5.88 Å². The summed E-state index contributed by atoms with van der Waals surface area (Å²) in [6.07, 6.45) is 1.56. The monoisotopic (exact) mass is 332 g/mol. The molecule has 0 aliphatic carbocycles. The Morgan fingerprint density at radius 2 is 2.08 bits per heavy atom. The predicted octanol–water partition coefficient (Wildman–Crippen LogP) is 2.19. The van der Waals surface area contributed by atoms with Gasteiger partial charge >= 0.3 is 0 Å². The highest BCUT2D eigenvalue weighted by molar-refractivity contribution is 6.09. The fraction of sp³-hybridized carbons (Fsp3) is 0.412. The summed E-state index contributed by atoms with van der Waals surface area (Å²) in [6, 6.07) is 5.52. The molecule has 128 valence electrons. The van der Waals surface area contributed by atoms with Crippen LogP contribution in [0.1, 0.15) is 21.8 Å². The summed E-state index contributed by atoms with van der Waals surface area (Å²) in [4.78, 5) is 18.2. The summed E-state index contributed by atoms with van der Waals surface area (Å²) in [7, 11) is 1.63. The number of methoxy groups -OCH3 is 1. The maximum Gasteiger partial charge on any atom is 0.261 e. The number of rotatable bonds is 8. The third kappa shape index (κ3) is 3.58. The minimum absolute atomic E-state index is 0.108. The average molecular weight is 332 g/mol. The van der Waals surface area contributed by atoms with Gasteiger partial charge in [-0.05, 0) is 17.7 Å². The molecule has 2 aromatic rings. The van der Waals surface area contributed by atoms with Gasteiger partial charge in [-0.2, -0.15) is 0 Å². The van der Waals surface area contributed by atoms with Crippen molar-refractivity contribution < 1.29 is 23.4 Å². The van der Waals surface area contributed by atoms with E-state index >= 15 is 0 Å². The Morgan fingerprint density at radius 3 is 2.83 bits per heavy atom. The molecule has 1 amide bonds. The lowest BCUT2D eigenvalue weighted by Gasteiger charge is -2.10. The normalized spacial score (nSPS) is 13.4. The van der Waals surface area contributed by atoms with Crippen LogP contribution in [0.15, 0.2) is 28.8 Å². The number of carbonyl (C=O) groups is 1. The zero-order chi connectivity index (χ0) is 16.9. The van der Waals surface area contributed by atoms with E-state index in [1.165, 1.54) is 0 Å². The number of hydrogen-bond acceptors (Lipinski definition) is 6. The highest BCUT2D eigenvalue weighted by Crippen LogP contribution is 2.31. The number of aryl methyl sites for hydroxylation is 1. The van der Waals surface area contributed by atoms with Crippen LogP contribution in [0.25, 0.3) is 0 Å². The zero-order valence-electron chi connectivity index (χ0n) is 13.8. The van der Waals surface area contributed by atoms with Crippen LogP contribution in [0.4, 0.5) is 5.88 Å². The van der Waals surface area contributed by atoms with Crippen LogP contribution in [0.3, 0.4) is 0 Å². The standard InChI is InChI=1S/C17H20N2O5/c1-12-18-10-16(24-12)19-11-13-3-4-14(9-15(13)17(19)20)23-8-7-22-6-5-21-2/h3-4,9-10H,5-8,11H2,1-2H3. The molecule has 0 atom stereocenters. The quantitative estimate of drug-likeness (QED) is 0.690. The van der Waals surface area contributed by atoms with Gasteiger partial charge in [-0.15, -0.1) is 0 Å². The number of carbonyl (C=O) groups excluding carboxylic acids is 1. The van der Waals surface area contributed by atoms with Gasteiger partial charge in [0.25, 0.3) is 5.91 Å². The summed E-state index contributed by atoms with van der Waals surface area (Å²) in [5.74, 6) is 1.53. The maximum atomic E-state index is 12.6. The molecule has 0 spiro atoms. The van der Waals surface area contributed by atoms with Crippen LogP contribution in [-0.4, -0.2) is 44.4 Å². The second-order valence-corrected chi connectivity index (χ2v) is 5.38. The Bertz CT molecular complexity index is 713. The van der Waals surface area contributed by atoms with Crippen LogP contribution in [0.2, 0.25) is 0 Å². The van der Waals surface area contributed by atoms with Gasteiger partial charge in [-0.25, -0.2) is 4.98 Å². The van der Waals surface area contributed by atoms with Crippen molar-refractivity contribution in [1.82, 2.24) is 4.98 Å². The second-order valence-electron chi connectivity index (χ2n) is 5.38. The van der Waals surface area contributed by atoms with Crippen LogP contribution < -0.4 is 9.64 Å². The van der Waals surface area contributed by atoms with Gasteiger partial charge in [0.1, 0.15) is 12.4 Å². The fourth-order valence-electron chi connectivity index (χ4n) is 2.49. The summed E-state index contributed by atoms with van der Waals surface area (Å²) < 4.78 is 21.3. The predicted molar refractivity (Wildman–Crippen MR) is 86.4 cm³/mol. The van der Waals surface area contributed by atoms with Gasteiger partial charge in [-0.3, -0.25) is 9.69 Å². The molecule has 2 heterocycles. The molecule has 0 N–H and O–H groups in total.